The quantitative estimate of drug-likeness (QED) is 0.247. The number of aryl methyl sites for hydroxylation is 1. The zero-order valence-electron chi connectivity index (χ0n) is 28.7. The number of fused-ring (bicyclic) bond motifs is 5. The highest BCUT2D eigenvalue weighted by Gasteiger charge is 2.73. The predicted molar refractivity (Wildman–Crippen MR) is 172 cm³/mol. The summed E-state index contributed by atoms with van der Waals surface area (Å²) < 4.78 is 33.3. The van der Waals surface area contributed by atoms with Gasteiger partial charge in [-0.05, 0) is 31.0 Å². The highest BCUT2D eigenvalue weighted by Crippen LogP contribution is 2.57. The number of carboxylic acid groups (broad SMARTS) is 1. The summed E-state index contributed by atoms with van der Waals surface area (Å²) in [5.41, 5.74) is -8.57. The number of aliphatic hydroxyl groups excluding tert-OH is 2. The second-order valence-electron chi connectivity index (χ2n) is 12.8. The van der Waals surface area contributed by atoms with Crippen molar-refractivity contribution < 1.29 is 72.8 Å². The highest BCUT2D eigenvalue weighted by molar-refractivity contribution is 6.31. The number of ether oxygens (including phenoxy) is 6. The average Bonchev–Trinajstić information content (AvgIpc) is 3.08. The minimum absolute atomic E-state index is 0.111. The van der Waals surface area contributed by atoms with E-state index < -0.39 is 111 Å². The molecule has 5 N–H and O–H groups in total. The minimum Gasteiger partial charge on any atom is -0.495 e. The standard InChI is InChI=1S/C35H37NO15/c1-12-8-14-9-19(38)35(50-7)31(42)22-16(30(41)34(35,45)23(14)28(48-5)20(12)33(43)44)10-15-21(27(22)47-4)18(37)11-17(24(15)39)36-32-29(49-6)25(40)26(46-3)13(2)51-32/h8,10-11,13,19,25-26,29,32,36,38,40,45H,9H2,1-7H3,(H,43,44)/t13-,19?,25+,26-,29+,32?,34?,35?/m0/s1. The van der Waals surface area contributed by atoms with Gasteiger partial charge in [0.1, 0.15) is 35.4 Å². The number of aromatic carboxylic acids is 1. The van der Waals surface area contributed by atoms with Crippen LogP contribution in [0.2, 0.25) is 0 Å². The summed E-state index contributed by atoms with van der Waals surface area (Å²) in [6, 6.07) is 2.33. The highest BCUT2D eigenvalue weighted by atomic mass is 16.6. The Balaban J connectivity index is 1.55. The fraction of sp³-hybridized carbons (Fsp3) is 0.457. The summed E-state index contributed by atoms with van der Waals surface area (Å²) >= 11 is 0. The van der Waals surface area contributed by atoms with E-state index in [4.69, 9.17) is 28.4 Å². The number of Topliss-reactive ketones (excluding diaryl/α,β-unsaturated/α-hetero) is 3. The molecule has 4 aliphatic rings. The Morgan fingerprint density at radius 2 is 1.57 bits per heavy atom. The van der Waals surface area contributed by atoms with Crippen molar-refractivity contribution in [3.63, 3.8) is 0 Å². The van der Waals surface area contributed by atoms with E-state index >= 15 is 0 Å². The largest absolute Gasteiger partial charge is 0.495 e. The van der Waals surface area contributed by atoms with Gasteiger partial charge in [-0.1, -0.05) is 6.07 Å². The van der Waals surface area contributed by atoms with Gasteiger partial charge in [-0.2, -0.15) is 0 Å². The van der Waals surface area contributed by atoms with Crippen LogP contribution in [0.4, 0.5) is 0 Å². The number of hydrogen-bond acceptors (Lipinski definition) is 15. The predicted octanol–water partition coefficient (Wildman–Crippen LogP) is 0.268. The number of ketones is 4. The van der Waals surface area contributed by atoms with Gasteiger partial charge in [-0.3, -0.25) is 19.2 Å². The Kier molecular flexibility index (Phi) is 8.95. The lowest BCUT2D eigenvalue weighted by molar-refractivity contribution is -0.236. The molecule has 0 bridgehead atoms. The van der Waals surface area contributed by atoms with Crippen LogP contribution < -0.4 is 14.8 Å². The van der Waals surface area contributed by atoms with Crippen LogP contribution in [0, 0.1) is 6.92 Å². The fourth-order valence-corrected chi connectivity index (χ4v) is 8.12. The summed E-state index contributed by atoms with van der Waals surface area (Å²) in [6.45, 7) is 3.10. The molecule has 16 heteroatoms. The normalized spacial score (nSPS) is 31.2. The number of nitrogens with one attached hydrogen (secondary N) is 1. The van der Waals surface area contributed by atoms with Crippen molar-refractivity contribution in [3.05, 3.63) is 68.4 Å². The van der Waals surface area contributed by atoms with E-state index in [-0.39, 0.29) is 34.4 Å². The van der Waals surface area contributed by atoms with E-state index in [2.05, 4.69) is 5.32 Å². The molecule has 4 unspecified atom stereocenters. The Hall–Kier alpha value is -4.55. The van der Waals surface area contributed by atoms with Gasteiger partial charge < -0.3 is 54.2 Å². The molecule has 0 amide bonds. The number of benzene rings is 2. The SMILES string of the molecule is COc1c2c(cc3c1C(=O)C1(OC)C(O)Cc4cc(C)c(C(=O)O)c(OC)c4C1(O)C3=O)C(=O)C(NC1O[C@@H](C)[C@H](OC)[C@@H](O)[C@H]1OC)=CC2=O. The number of allylic oxidation sites excluding steroid dienone is 2. The summed E-state index contributed by atoms with van der Waals surface area (Å²) in [4.78, 5) is 69.8. The molecule has 2 aromatic carbocycles. The maximum Gasteiger partial charge on any atom is 0.339 e. The van der Waals surface area contributed by atoms with Crippen molar-refractivity contribution in [2.45, 2.75) is 68.2 Å². The number of carboxylic acids is 1. The first-order valence-electron chi connectivity index (χ1n) is 15.8. The number of aliphatic hydroxyl groups is 3. The molecule has 2 aromatic rings. The summed E-state index contributed by atoms with van der Waals surface area (Å²) in [5.74, 6) is -6.46. The van der Waals surface area contributed by atoms with Crippen LogP contribution in [-0.2, 0) is 31.0 Å². The van der Waals surface area contributed by atoms with Crippen LogP contribution in [0.5, 0.6) is 11.5 Å². The molecule has 0 aromatic heterocycles. The Morgan fingerprint density at radius 1 is 0.922 bits per heavy atom. The van der Waals surface area contributed by atoms with Crippen LogP contribution in [0.1, 0.15) is 75.4 Å². The van der Waals surface area contributed by atoms with Gasteiger partial charge in [-0.15, -0.1) is 0 Å². The minimum atomic E-state index is -3.11. The van der Waals surface area contributed by atoms with Gasteiger partial charge in [0.2, 0.25) is 17.3 Å². The molecule has 0 spiro atoms. The monoisotopic (exact) mass is 711 g/mol. The van der Waals surface area contributed by atoms with Gasteiger partial charge in [0, 0.05) is 50.5 Å². The van der Waals surface area contributed by atoms with E-state index in [9.17, 15) is 44.4 Å². The second-order valence-corrected chi connectivity index (χ2v) is 12.8. The number of carbonyl (C=O) groups excluding carboxylic acids is 4. The number of rotatable bonds is 8. The first kappa shape index (κ1) is 36.2. The van der Waals surface area contributed by atoms with Crippen molar-refractivity contribution in [2.24, 2.45) is 0 Å². The molecule has 1 heterocycles. The molecule has 272 valence electrons. The molecular formula is C35H37NO15. The maximum atomic E-state index is 14.8. The number of hydrogen-bond donors (Lipinski definition) is 5. The smallest absolute Gasteiger partial charge is 0.339 e. The molecule has 51 heavy (non-hydrogen) atoms. The third-order valence-corrected chi connectivity index (χ3v) is 10.4. The summed E-state index contributed by atoms with van der Waals surface area (Å²) in [7, 11) is 5.92. The van der Waals surface area contributed by atoms with Gasteiger partial charge in [0.25, 0.3) is 0 Å². The molecule has 0 saturated carbocycles. The first-order valence-corrected chi connectivity index (χ1v) is 15.8. The van der Waals surface area contributed by atoms with Crippen LogP contribution in [-0.4, -0.2) is 127 Å². The summed E-state index contributed by atoms with van der Waals surface area (Å²) in [5, 5.41) is 47.9. The zero-order valence-corrected chi connectivity index (χ0v) is 28.7. The lowest BCUT2D eigenvalue weighted by atomic mass is 9.56. The molecule has 3 aliphatic carbocycles. The third-order valence-electron chi connectivity index (χ3n) is 10.4. The lowest BCUT2D eigenvalue weighted by Gasteiger charge is -2.53. The van der Waals surface area contributed by atoms with Crippen LogP contribution in [0.3, 0.4) is 0 Å². The van der Waals surface area contributed by atoms with Crippen LogP contribution >= 0.6 is 0 Å². The molecule has 16 nitrogen and oxygen atoms in total. The Morgan fingerprint density at radius 3 is 2.14 bits per heavy atom. The van der Waals surface area contributed by atoms with Gasteiger partial charge >= 0.3 is 5.97 Å². The van der Waals surface area contributed by atoms with Crippen LogP contribution in [0.25, 0.3) is 0 Å². The topological polar surface area (TPSA) is 234 Å². The van der Waals surface area contributed by atoms with Gasteiger partial charge in [0.15, 0.2) is 23.2 Å². The van der Waals surface area contributed by atoms with Crippen molar-refractivity contribution in [2.75, 3.05) is 35.5 Å². The summed E-state index contributed by atoms with van der Waals surface area (Å²) in [6.07, 6.45) is -6.16. The molecular weight excluding hydrogens is 674 g/mol. The molecule has 0 radical (unpaired) electrons. The van der Waals surface area contributed by atoms with E-state index in [0.29, 0.717) is 0 Å². The van der Waals surface area contributed by atoms with E-state index in [1.165, 1.54) is 27.2 Å². The van der Waals surface area contributed by atoms with E-state index in [1.54, 1.807) is 6.92 Å². The third kappa shape index (κ3) is 4.68. The Bertz CT molecular complexity index is 1940. The van der Waals surface area contributed by atoms with Crippen molar-refractivity contribution in [1.29, 1.82) is 0 Å². The first-order chi connectivity index (χ1) is 24.1. The molecule has 6 rings (SSSR count). The van der Waals surface area contributed by atoms with Crippen molar-refractivity contribution in [1.82, 2.24) is 5.32 Å². The van der Waals surface area contributed by atoms with Crippen molar-refractivity contribution >= 4 is 29.1 Å². The van der Waals surface area contributed by atoms with Gasteiger partial charge in [0.05, 0.1) is 43.3 Å². The fourth-order valence-electron chi connectivity index (χ4n) is 8.12. The number of carbonyl (C=O) groups is 5. The molecule has 8 atom stereocenters. The Labute approximate surface area is 290 Å². The molecule has 1 saturated heterocycles. The second kappa shape index (κ2) is 12.6. The average molecular weight is 712 g/mol. The van der Waals surface area contributed by atoms with Crippen LogP contribution in [0.15, 0.2) is 23.9 Å². The zero-order chi connectivity index (χ0) is 37.5. The molecule has 1 aliphatic heterocycles. The van der Waals surface area contributed by atoms with Gasteiger partial charge in [-0.25, -0.2) is 4.79 Å². The lowest BCUT2D eigenvalue weighted by Crippen LogP contribution is -2.73. The van der Waals surface area contributed by atoms with E-state index in [1.807, 2.05) is 0 Å². The maximum absolute atomic E-state index is 14.8. The molecule has 1 fully saturated rings. The number of methoxy groups -OCH3 is 5. The van der Waals surface area contributed by atoms with Crippen molar-refractivity contribution in [3.8, 4) is 11.5 Å². The van der Waals surface area contributed by atoms with E-state index in [0.717, 1.165) is 33.5 Å².